The standard InChI is InChI=1S/C20H22N4O.C14H18N4O.2C13H15N3O.C5H11NO2.C2H7N.2BrH/c25-20-18-9-5-4-8-17(18)19(23-24-20)22-15-10-11-21-16(13-15)12-14-6-2-1-3-7-14;19-14-12-6-2-1-5-11(12)13(17-18-14)16-10-4-3-8-15-9-7-10;2*17-13-11-8-4-3-7-10(11)12(15-16-13)14-9-5-1-2-6-9;1-4-8-5(7)6(2)3;1-3-2;;/h1-9,15-16,21H,10-13H2,(H,22,23)(H,24,25);1-2,5-6,10,15H,3-4,7-9H2,(H,16,17)(H,18,19);2*3-4,7-9H,1-2,5-6H2,(H,14,15)(H,16,17);4H2,1-3H3;3H,1-2H3;2*1H/t15-,16-;;;;;;;/m0......./s1. The Morgan fingerprint density at radius 2 is 0.791 bits per heavy atom. The van der Waals surface area contributed by atoms with Gasteiger partial charge in [0.2, 0.25) is 0 Å². The number of ether oxygens (including phenoxy) is 1. The lowest BCUT2D eigenvalue weighted by Crippen LogP contribution is -2.44. The summed E-state index contributed by atoms with van der Waals surface area (Å²) in [5.41, 5.74) is 0.820. The Morgan fingerprint density at radius 3 is 1.15 bits per heavy atom. The van der Waals surface area contributed by atoms with E-state index in [1.165, 1.54) is 68.3 Å². The van der Waals surface area contributed by atoms with Crippen LogP contribution >= 0.6 is 34.0 Å². The molecule has 5 aromatic carbocycles. The molecule has 24 heteroatoms. The summed E-state index contributed by atoms with van der Waals surface area (Å²) in [6, 6.07) is 43.1. The van der Waals surface area contributed by atoms with Crippen LogP contribution < -0.4 is 59.5 Å². The van der Waals surface area contributed by atoms with E-state index in [0.29, 0.717) is 58.4 Å². The van der Waals surface area contributed by atoms with E-state index in [4.69, 9.17) is 0 Å². The molecule has 11 N–H and O–H groups in total. The topological polar surface area (TPSA) is 297 Å². The summed E-state index contributed by atoms with van der Waals surface area (Å²) >= 11 is 0. The zero-order valence-electron chi connectivity index (χ0n) is 52.7. The molecule has 13 rings (SSSR count). The molecular formula is C67H90Br2N16O6. The third-order valence-electron chi connectivity index (χ3n) is 15.9. The molecule has 2 aliphatic heterocycles. The molecule has 0 bridgehead atoms. The minimum absolute atomic E-state index is 0. The van der Waals surface area contributed by atoms with Crippen LogP contribution in [-0.2, 0) is 11.2 Å². The lowest BCUT2D eigenvalue weighted by Gasteiger charge is -2.31. The number of H-pyrrole nitrogens is 4. The number of amides is 1. The number of aromatic amines is 4. The van der Waals surface area contributed by atoms with Gasteiger partial charge in [-0.1, -0.05) is 129 Å². The normalized spacial score (nSPS) is 16.9. The molecule has 4 fully saturated rings. The van der Waals surface area contributed by atoms with Crippen LogP contribution in [0.3, 0.4) is 0 Å². The number of nitrogens with one attached hydrogen (secondary N) is 11. The number of rotatable bonds is 11. The molecule has 91 heavy (non-hydrogen) atoms. The highest BCUT2D eigenvalue weighted by atomic mass is 79.9. The number of aromatic nitrogens is 8. The number of hydrogen-bond donors (Lipinski definition) is 11. The molecular weight excluding hydrogens is 1280 g/mol. The van der Waals surface area contributed by atoms with Crippen LogP contribution in [0.5, 0.6) is 0 Å². The van der Waals surface area contributed by atoms with Crippen molar-refractivity contribution in [3.8, 4) is 0 Å². The summed E-state index contributed by atoms with van der Waals surface area (Å²) in [6.07, 6.45) is 16.1. The Labute approximate surface area is 551 Å². The van der Waals surface area contributed by atoms with Crippen LogP contribution in [0.15, 0.2) is 147 Å². The quantitative estimate of drug-likeness (QED) is 0.0574. The molecule has 22 nitrogen and oxygen atoms in total. The number of hydrogen-bond acceptors (Lipinski definition) is 17. The van der Waals surface area contributed by atoms with Gasteiger partial charge in [0, 0.05) is 65.8 Å². The zero-order valence-corrected chi connectivity index (χ0v) is 56.2. The van der Waals surface area contributed by atoms with Gasteiger partial charge in [-0.15, -0.1) is 34.0 Å². The van der Waals surface area contributed by atoms with Gasteiger partial charge in [0.1, 0.15) is 0 Å². The number of anilines is 4. The molecule has 2 aliphatic carbocycles. The Balaban J connectivity index is 0.000000183. The van der Waals surface area contributed by atoms with Crippen LogP contribution in [-0.4, -0.2) is 136 Å². The van der Waals surface area contributed by atoms with Gasteiger partial charge in [-0.05, 0) is 135 Å². The van der Waals surface area contributed by atoms with Gasteiger partial charge >= 0.3 is 6.09 Å². The van der Waals surface area contributed by atoms with E-state index in [-0.39, 0.29) is 62.3 Å². The molecule has 2 saturated carbocycles. The molecule has 0 radical (unpaired) electrons. The van der Waals surface area contributed by atoms with Crippen LogP contribution in [0, 0.1) is 0 Å². The molecule has 4 aliphatic rings. The average Bonchev–Trinajstić information content (AvgIpc) is 1.94. The van der Waals surface area contributed by atoms with E-state index >= 15 is 0 Å². The minimum Gasteiger partial charge on any atom is -0.450 e. The van der Waals surface area contributed by atoms with Gasteiger partial charge in [0.25, 0.3) is 22.2 Å². The molecule has 4 aromatic heterocycles. The highest BCUT2D eigenvalue weighted by molar-refractivity contribution is 8.93. The number of fused-ring (bicyclic) bond motifs is 4. The van der Waals surface area contributed by atoms with Crippen molar-refractivity contribution < 1.29 is 9.53 Å². The Hall–Kier alpha value is -8.03. The molecule has 1 unspecified atom stereocenters. The smallest absolute Gasteiger partial charge is 0.409 e. The van der Waals surface area contributed by atoms with Crippen LogP contribution in [0.2, 0.25) is 0 Å². The van der Waals surface area contributed by atoms with Crippen molar-refractivity contribution in [1.82, 2.24) is 61.6 Å². The van der Waals surface area contributed by atoms with Crippen molar-refractivity contribution in [2.75, 3.05) is 75.7 Å². The predicted octanol–water partition coefficient (Wildman–Crippen LogP) is 10.4. The van der Waals surface area contributed by atoms with Crippen LogP contribution in [0.25, 0.3) is 43.1 Å². The van der Waals surface area contributed by atoms with E-state index in [1.807, 2.05) is 111 Å². The zero-order chi connectivity index (χ0) is 62.7. The minimum atomic E-state index is -0.285. The number of carbonyl (C=O) groups excluding carboxylic acids is 1. The Morgan fingerprint density at radius 1 is 0.462 bits per heavy atom. The first kappa shape index (κ1) is 72.0. The third-order valence-corrected chi connectivity index (χ3v) is 15.9. The predicted molar refractivity (Wildman–Crippen MR) is 380 cm³/mol. The highest BCUT2D eigenvalue weighted by Crippen LogP contribution is 2.27. The Kier molecular flexibility index (Phi) is 30.1. The van der Waals surface area contributed by atoms with Crippen LogP contribution in [0.1, 0.15) is 96.0 Å². The monoisotopic (exact) mass is 1370 g/mol. The third kappa shape index (κ3) is 21.5. The van der Waals surface area contributed by atoms with Crippen molar-refractivity contribution in [3.63, 3.8) is 0 Å². The van der Waals surface area contributed by atoms with Gasteiger partial charge in [0.15, 0.2) is 23.3 Å². The number of piperidine rings is 1. The van der Waals surface area contributed by atoms with Crippen molar-refractivity contribution in [3.05, 3.63) is 174 Å². The fraction of sp³-hybridized carbons (Fsp3) is 0.418. The highest BCUT2D eigenvalue weighted by Gasteiger charge is 2.24. The fourth-order valence-electron chi connectivity index (χ4n) is 11.4. The van der Waals surface area contributed by atoms with Gasteiger partial charge in [0.05, 0.1) is 28.2 Å². The van der Waals surface area contributed by atoms with Gasteiger partial charge < -0.3 is 46.9 Å². The molecule has 3 atom stereocenters. The molecule has 9 aromatic rings. The number of halogens is 2. The Bertz CT molecular complexity index is 3780. The summed E-state index contributed by atoms with van der Waals surface area (Å²) < 4.78 is 4.59. The maximum absolute atomic E-state index is 11.9. The van der Waals surface area contributed by atoms with Gasteiger partial charge in [-0.25, -0.2) is 25.2 Å². The second kappa shape index (κ2) is 38.0. The van der Waals surface area contributed by atoms with Crippen molar-refractivity contribution in [1.29, 1.82) is 0 Å². The molecule has 0 spiro atoms. The summed E-state index contributed by atoms with van der Waals surface area (Å²) in [5, 5.41) is 56.9. The maximum Gasteiger partial charge on any atom is 0.409 e. The van der Waals surface area contributed by atoms with Gasteiger partial charge in [-0.2, -0.15) is 20.4 Å². The largest absolute Gasteiger partial charge is 0.450 e. The second-order valence-corrected chi connectivity index (χ2v) is 22.9. The first-order valence-corrected chi connectivity index (χ1v) is 31.3. The van der Waals surface area contributed by atoms with Crippen LogP contribution in [0.4, 0.5) is 28.1 Å². The SMILES string of the molecule is Br.Br.CCOC(=O)N(C)C.CNC.O=c1[nH]nc(NC2CCCC2)c2ccccc12.O=c1[nH]nc(NC2CCCC2)c2ccccc12.O=c1[nH]nc(NC2CCCNCC2)c2ccccc12.O=c1[nH]nc(N[C@H]2CCN[C@@H](Cc3ccccc3)C2)c2ccccc12. The molecule has 488 valence electrons. The van der Waals surface area contributed by atoms with Gasteiger partial charge in [-0.3, -0.25) is 19.2 Å². The molecule has 6 heterocycles. The lowest BCUT2D eigenvalue weighted by molar-refractivity contribution is 0.124. The van der Waals surface area contributed by atoms with E-state index in [9.17, 15) is 24.0 Å². The van der Waals surface area contributed by atoms with E-state index in [0.717, 1.165) is 96.6 Å². The van der Waals surface area contributed by atoms with Crippen molar-refractivity contribution in [2.45, 2.75) is 127 Å². The van der Waals surface area contributed by atoms with Crippen molar-refractivity contribution in [2.24, 2.45) is 0 Å². The first-order valence-electron chi connectivity index (χ1n) is 31.3. The summed E-state index contributed by atoms with van der Waals surface area (Å²) in [7, 11) is 7.05. The summed E-state index contributed by atoms with van der Waals surface area (Å²) in [6.45, 7) is 5.31. The number of nitrogens with zero attached hydrogens (tertiary/aromatic N) is 5. The average molecular weight is 1380 g/mol. The summed E-state index contributed by atoms with van der Waals surface area (Å²) in [4.78, 5) is 58.7. The van der Waals surface area contributed by atoms with E-state index < -0.39 is 0 Å². The fourth-order valence-corrected chi connectivity index (χ4v) is 11.4. The van der Waals surface area contributed by atoms with E-state index in [2.05, 4.69) is 113 Å². The number of benzene rings is 5. The number of carbonyl (C=O) groups is 1. The molecule has 2 saturated heterocycles. The molecule has 1 amide bonds. The first-order chi connectivity index (χ1) is 43.4. The van der Waals surface area contributed by atoms with E-state index in [1.54, 1.807) is 21.0 Å². The lowest BCUT2D eigenvalue weighted by atomic mass is 9.94. The second-order valence-electron chi connectivity index (χ2n) is 22.9. The van der Waals surface area contributed by atoms with Crippen molar-refractivity contribution >= 4 is 106 Å². The summed E-state index contributed by atoms with van der Waals surface area (Å²) in [5.74, 6) is 3.14. The maximum atomic E-state index is 11.9.